The van der Waals surface area contributed by atoms with Gasteiger partial charge >= 0.3 is 7.82 Å². The van der Waals surface area contributed by atoms with Crippen LogP contribution in [-0.4, -0.2) is 187 Å². The standard InChI is InChI=1S/C6H13O9P.2K.3H2O/c7-1-3(8)5(10)6(11)4(9)2-15-16(12,13)14;;;;;/h1,3-6,8-11H,2H2,(H2,12,13,14);;;3*1H2/t3-,4+,5+,6+;;;;;/m0...../s1. The largest absolute Gasteiger partial charge is 0.469 e. The van der Waals surface area contributed by atoms with Gasteiger partial charge in [-0.25, -0.2) is 4.57 Å². The Balaban J connectivity index is -0.000000112. The van der Waals surface area contributed by atoms with E-state index in [0.717, 1.165) is 0 Å². The maximum Gasteiger partial charge on any atom is 0.469 e. The molecule has 0 aliphatic heterocycles. The van der Waals surface area contributed by atoms with E-state index in [1.165, 1.54) is 0 Å². The maximum atomic E-state index is 10.2. The molecule has 0 aromatic rings. The molecule has 0 saturated heterocycles. The van der Waals surface area contributed by atoms with Crippen LogP contribution < -0.4 is 0 Å². The van der Waals surface area contributed by atoms with Gasteiger partial charge in [-0.1, -0.05) is 0 Å². The summed E-state index contributed by atoms with van der Waals surface area (Å²) in [5, 5.41) is 36.1. The van der Waals surface area contributed by atoms with Gasteiger partial charge in [-0.15, -0.1) is 0 Å². The van der Waals surface area contributed by atoms with Gasteiger partial charge in [0.2, 0.25) is 0 Å². The summed E-state index contributed by atoms with van der Waals surface area (Å²) in [5.41, 5.74) is 0. The average molecular weight is 392 g/mol. The van der Waals surface area contributed by atoms with E-state index in [4.69, 9.17) is 30.2 Å². The van der Waals surface area contributed by atoms with Crippen LogP contribution in [0.15, 0.2) is 0 Å². The van der Waals surface area contributed by atoms with Gasteiger partial charge in [0.25, 0.3) is 0 Å². The minimum absolute atomic E-state index is 0. The zero-order valence-corrected chi connectivity index (χ0v) is 18.6. The van der Waals surface area contributed by atoms with Crippen LogP contribution in [0, 0.1) is 0 Å². The number of phosphoric ester groups is 1. The monoisotopic (exact) mass is 392 g/mol. The molecule has 0 bridgehead atoms. The summed E-state index contributed by atoms with van der Waals surface area (Å²) in [5.74, 6) is 0. The Morgan fingerprint density at radius 1 is 0.952 bits per heavy atom. The molecule has 0 amide bonds. The van der Waals surface area contributed by atoms with Gasteiger partial charge in [-0.3, -0.25) is 4.52 Å². The predicted molar refractivity (Wildman–Crippen MR) is 70.4 cm³/mol. The van der Waals surface area contributed by atoms with Gasteiger partial charge < -0.3 is 51.4 Å². The molecule has 0 aromatic heterocycles. The Bertz CT molecular complexity index is 274. The topological polar surface area (TPSA) is 259 Å². The van der Waals surface area contributed by atoms with Crippen LogP contribution in [0.1, 0.15) is 0 Å². The van der Waals surface area contributed by atoms with Gasteiger partial charge in [0, 0.05) is 103 Å². The third kappa shape index (κ3) is 18.9. The first kappa shape index (κ1) is 39.0. The Morgan fingerprint density at radius 3 is 1.62 bits per heavy atom. The van der Waals surface area contributed by atoms with E-state index in [2.05, 4.69) is 4.52 Å². The van der Waals surface area contributed by atoms with Crippen molar-refractivity contribution >= 4 is 117 Å². The second kappa shape index (κ2) is 19.1. The molecule has 0 unspecified atom stereocenters. The first-order valence-corrected chi connectivity index (χ1v) is 5.59. The van der Waals surface area contributed by atoms with Crippen molar-refractivity contribution in [3.05, 3.63) is 0 Å². The molecule has 12 N–H and O–H groups in total. The number of carbonyl (C=O) groups is 1. The average Bonchev–Trinajstić information content (AvgIpc) is 2.21. The summed E-state index contributed by atoms with van der Waals surface area (Å²) >= 11 is 0. The molecule has 0 heterocycles. The van der Waals surface area contributed by atoms with Crippen LogP contribution in [0.5, 0.6) is 0 Å². The van der Waals surface area contributed by atoms with Gasteiger partial charge in [0.1, 0.15) is 24.4 Å². The van der Waals surface area contributed by atoms with Crippen LogP contribution >= 0.6 is 7.82 Å². The van der Waals surface area contributed by atoms with E-state index in [0.29, 0.717) is 0 Å². The summed E-state index contributed by atoms with van der Waals surface area (Å²) in [6.07, 6.45) is -7.80. The number of aliphatic hydroxyl groups excluding tert-OH is 4. The summed E-state index contributed by atoms with van der Waals surface area (Å²) in [6.45, 7) is -0.964. The first-order chi connectivity index (χ1) is 7.19. The zero-order valence-electron chi connectivity index (χ0n) is 11.4. The van der Waals surface area contributed by atoms with Crippen molar-refractivity contribution in [1.82, 2.24) is 0 Å². The quantitative estimate of drug-likeness (QED) is 0.136. The van der Waals surface area contributed by atoms with Crippen molar-refractivity contribution in [1.29, 1.82) is 0 Å². The molecule has 0 aromatic carbocycles. The van der Waals surface area contributed by atoms with E-state index in [1.54, 1.807) is 0 Å². The molecule has 4 atom stereocenters. The molecule has 0 saturated carbocycles. The normalized spacial score (nSPS) is 15.1. The van der Waals surface area contributed by atoms with Crippen LogP contribution in [-0.2, 0) is 13.9 Å². The third-order valence-corrected chi connectivity index (χ3v) is 2.13. The summed E-state index contributed by atoms with van der Waals surface area (Å²) in [7, 11) is -4.80. The van der Waals surface area contributed by atoms with Crippen LogP contribution in [0.3, 0.4) is 0 Å². The zero-order chi connectivity index (χ0) is 12.9. The predicted octanol–water partition coefficient (Wildman–Crippen LogP) is -6.50. The molecule has 0 spiro atoms. The first-order valence-electron chi connectivity index (χ1n) is 4.06. The van der Waals surface area contributed by atoms with E-state index in [1.807, 2.05) is 0 Å². The Morgan fingerprint density at radius 2 is 1.33 bits per heavy atom. The van der Waals surface area contributed by atoms with Crippen LogP contribution in [0.25, 0.3) is 0 Å². The molecular formula is C6H19K2O12P. The smallest absolute Gasteiger partial charge is 0.412 e. The van der Waals surface area contributed by atoms with E-state index >= 15 is 0 Å². The van der Waals surface area contributed by atoms with Gasteiger partial charge in [-0.05, 0) is 0 Å². The SMILES string of the molecule is O.O.O.O=C[C@H](O)[C@@H](O)[C@H](O)[C@H](O)COP(=O)(O)O.[K].[K]. The van der Waals surface area contributed by atoms with Crippen molar-refractivity contribution in [3.8, 4) is 0 Å². The maximum absolute atomic E-state index is 10.2. The number of hydrogen-bond donors (Lipinski definition) is 6. The molecule has 0 fully saturated rings. The molecule has 0 rings (SSSR count). The van der Waals surface area contributed by atoms with Gasteiger partial charge in [0.15, 0.2) is 6.29 Å². The Hall–Kier alpha value is 2.77. The van der Waals surface area contributed by atoms with Gasteiger partial charge in [-0.2, -0.15) is 0 Å². The number of hydrogen-bond acceptors (Lipinski definition) is 7. The summed E-state index contributed by atoms with van der Waals surface area (Å²) in [4.78, 5) is 26.6. The molecule has 2 radical (unpaired) electrons. The molecule has 21 heavy (non-hydrogen) atoms. The fourth-order valence-corrected chi connectivity index (χ4v) is 1.13. The van der Waals surface area contributed by atoms with Gasteiger partial charge in [0.05, 0.1) is 6.61 Å². The fraction of sp³-hybridized carbons (Fsp3) is 0.833. The second-order valence-corrected chi connectivity index (χ2v) is 4.20. The molecule has 15 heteroatoms. The number of carbonyl (C=O) groups excluding carboxylic acids is 1. The van der Waals surface area contributed by atoms with E-state index in [9.17, 15) is 9.36 Å². The van der Waals surface area contributed by atoms with Crippen molar-refractivity contribution < 1.29 is 60.5 Å². The molecule has 122 valence electrons. The van der Waals surface area contributed by atoms with Crippen molar-refractivity contribution in [3.63, 3.8) is 0 Å². The molecule has 0 aliphatic rings. The Labute approximate surface area is 204 Å². The number of aldehydes is 1. The molecule has 12 nitrogen and oxygen atoms in total. The third-order valence-electron chi connectivity index (χ3n) is 1.65. The minimum atomic E-state index is -4.80. The Kier molecular flexibility index (Phi) is 35.5. The molecule has 0 aliphatic carbocycles. The number of rotatable bonds is 7. The second-order valence-electron chi connectivity index (χ2n) is 2.96. The van der Waals surface area contributed by atoms with E-state index < -0.39 is 38.8 Å². The van der Waals surface area contributed by atoms with Crippen molar-refractivity contribution in [2.45, 2.75) is 24.4 Å². The summed E-state index contributed by atoms with van der Waals surface area (Å²) in [6, 6.07) is 0. The fourth-order valence-electron chi connectivity index (χ4n) is 0.782. The van der Waals surface area contributed by atoms with Crippen molar-refractivity contribution in [2.24, 2.45) is 0 Å². The number of aliphatic hydroxyl groups is 4. The van der Waals surface area contributed by atoms with E-state index in [-0.39, 0.29) is 125 Å². The summed E-state index contributed by atoms with van der Waals surface area (Å²) < 4.78 is 14.1. The number of phosphoric acid groups is 1. The van der Waals surface area contributed by atoms with Crippen LogP contribution in [0.4, 0.5) is 0 Å². The van der Waals surface area contributed by atoms with Crippen molar-refractivity contribution in [2.75, 3.05) is 6.61 Å². The van der Waals surface area contributed by atoms with Crippen LogP contribution in [0.2, 0.25) is 0 Å². The minimum Gasteiger partial charge on any atom is -0.412 e. The molecular weight excluding hydrogens is 373 g/mol.